The first-order valence-corrected chi connectivity index (χ1v) is 10.9. The van der Waals surface area contributed by atoms with Gasteiger partial charge in [-0.2, -0.15) is 0 Å². The lowest BCUT2D eigenvalue weighted by atomic mass is 10.2. The monoisotopic (exact) mass is 475 g/mol. The Morgan fingerprint density at radius 1 is 1.31 bits per heavy atom. The Hall–Kier alpha value is -2.16. The molecular weight excluding hydrogens is 454 g/mol. The second kappa shape index (κ2) is 9.56. The van der Waals surface area contributed by atoms with E-state index in [2.05, 4.69) is 26.2 Å². The number of ether oxygens (including phenoxy) is 1. The second-order valence-corrected chi connectivity index (χ2v) is 8.49. The average molecular weight is 476 g/mol. The van der Waals surface area contributed by atoms with Gasteiger partial charge in [0.1, 0.15) is 0 Å². The smallest absolute Gasteiger partial charge is 0.262 e. The van der Waals surface area contributed by atoms with Gasteiger partial charge in [-0.1, -0.05) is 39.8 Å². The largest absolute Gasteiger partial charge is 0.383 e. The first kappa shape index (κ1) is 21.5. The number of carbonyl (C=O) groups excluding carboxylic acids is 1. The minimum absolute atomic E-state index is 0.133. The normalized spacial score (nSPS) is 12.1. The first-order valence-electron chi connectivity index (χ1n) is 9.09. The molecule has 1 heterocycles. The number of nitrogens with zero attached hydrogens (tertiary/aromatic N) is 2. The molecule has 0 saturated heterocycles. The molecule has 1 N–H and O–H groups in total. The summed E-state index contributed by atoms with van der Waals surface area (Å²) in [6.45, 7) is 4.23. The standard InChI is InChI=1S/C21H22BrN3O3S/c1-13-10-15(8-9-17(13)22)23-19(26)12-29-21-24-18-7-5-4-6-16(18)20(27)25(21)14(2)11-28-3/h4-10,14H,11-12H2,1-3H3,(H,23,26)/t14-/m0/s1. The van der Waals surface area contributed by atoms with Crippen LogP contribution in [0.15, 0.2) is 56.9 Å². The summed E-state index contributed by atoms with van der Waals surface area (Å²) in [5, 5.41) is 3.94. The number of methoxy groups -OCH3 is 1. The van der Waals surface area contributed by atoms with Crippen molar-refractivity contribution >= 4 is 50.2 Å². The van der Waals surface area contributed by atoms with E-state index in [0.29, 0.717) is 22.7 Å². The minimum Gasteiger partial charge on any atom is -0.383 e. The van der Waals surface area contributed by atoms with Crippen molar-refractivity contribution in [2.24, 2.45) is 0 Å². The summed E-state index contributed by atoms with van der Waals surface area (Å²) in [5.74, 6) is -0.0235. The Labute approximate surface area is 181 Å². The number of halogens is 1. The van der Waals surface area contributed by atoms with Crippen molar-refractivity contribution in [3.05, 3.63) is 62.9 Å². The topological polar surface area (TPSA) is 73.2 Å². The third-order valence-corrected chi connectivity index (χ3v) is 6.24. The summed E-state index contributed by atoms with van der Waals surface area (Å²) in [6, 6.07) is 12.7. The highest BCUT2D eigenvalue weighted by atomic mass is 79.9. The molecule has 152 valence electrons. The van der Waals surface area contributed by atoms with Gasteiger partial charge in [-0.15, -0.1) is 0 Å². The summed E-state index contributed by atoms with van der Waals surface area (Å²) < 4.78 is 7.82. The Morgan fingerprint density at radius 2 is 2.07 bits per heavy atom. The molecule has 0 aliphatic heterocycles. The number of nitrogens with one attached hydrogen (secondary N) is 1. The molecule has 0 radical (unpaired) electrons. The maximum Gasteiger partial charge on any atom is 0.262 e. The van der Waals surface area contributed by atoms with Gasteiger partial charge in [0.2, 0.25) is 5.91 Å². The predicted molar refractivity (Wildman–Crippen MR) is 121 cm³/mol. The number of amides is 1. The molecule has 0 saturated carbocycles. The molecule has 1 amide bonds. The van der Waals surface area contributed by atoms with E-state index in [4.69, 9.17) is 4.74 Å². The number of hydrogen-bond acceptors (Lipinski definition) is 5. The SMILES string of the molecule is COC[C@H](C)n1c(SCC(=O)Nc2ccc(Br)c(C)c2)nc2ccccc2c1=O. The van der Waals surface area contributed by atoms with Crippen LogP contribution in [0.1, 0.15) is 18.5 Å². The Bertz CT molecular complexity index is 1100. The van der Waals surface area contributed by atoms with E-state index in [1.165, 1.54) is 11.8 Å². The number of thioether (sulfide) groups is 1. The predicted octanol–water partition coefficient (Wildman–Crippen LogP) is 4.41. The van der Waals surface area contributed by atoms with Gasteiger partial charge in [-0.25, -0.2) is 4.98 Å². The van der Waals surface area contributed by atoms with Crippen molar-refractivity contribution in [2.45, 2.75) is 25.0 Å². The summed E-state index contributed by atoms with van der Waals surface area (Å²) >= 11 is 4.69. The Balaban J connectivity index is 1.84. The van der Waals surface area contributed by atoms with E-state index >= 15 is 0 Å². The summed E-state index contributed by atoms with van der Waals surface area (Å²) in [4.78, 5) is 30.1. The summed E-state index contributed by atoms with van der Waals surface area (Å²) in [5.41, 5.74) is 2.25. The van der Waals surface area contributed by atoms with Crippen molar-refractivity contribution in [3.63, 3.8) is 0 Å². The molecule has 1 atom stereocenters. The van der Waals surface area contributed by atoms with Crippen molar-refractivity contribution in [1.82, 2.24) is 9.55 Å². The van der Waals surface area contributed by atoms with Crippen LogP contribution in [-0.2, 0) is 9.53 Å². The Morgan fingerprint density at radius 3 is 2.79 bits per heavy atom. The zero-order valence-corrected chi connectivity index (χ0v) is 18.8. The van der Waals surface area contributed by atoms with Crippen LogP contribution in [0.2, 0.25) is 0 Å². The minimum atomic E-state index is -0.204. The third-order valence-electron chi connectivity index (χ3n) is 4.40. The molecule has 0 fully saturated rings. The number of aryl methyl sites for hydroxylation is 1. The fraction of sp³-hybridized carbons (Fsp3) is 0.286. The molecule has 1 aromatic heterocycles. The van der Waals surface area contributed by atoms with Crippen LogP contribution < -0.4 is 10.9 Å². The van der Waals surface area contributed by atoms with E-state index in [-0.39, 0.29) is 23.3 Å². The fourth-order valence-corrected chi connectivity index (χ4v) is 4.13. The Kier molecular flexibility index (Phi) is 7.10. The lowest BCUT2D eigenvalue weighted by Gasteiger charge is -2.18. The number of rotatable bonds is 7. The average Bonchev–Trinajstić information content (AvgIpc) is 2.69. The third kappa shape index (κ3) is 5.07. The van der Waals surface area contributed by atoms with Gasteiger partial charge in [-0.3, -0.25) is 14.2 Å². The van der Waals surface area contributed by atoms with Gasteiger partial charge in [0.25, 0.3) is 5.56 Å². The van der Waals surface area contributed by atoms with Crippen LogP contribution in [0, 0.1) is 6.92 Å². The molecule has 6 nitrogen and oxygen atoms in total. The van der Waals surface area contributed by atoms with Gasteiger partial charge < -0.3 is 10.1 Å². The lowest BCUT2D eigenvalue weighted by molar-refractivity contribution is -0.113. The first-order chi connectivity index (χ1) is 13.9. The van der Waals surface area contributed by atoms with Gasteiger partial charge in [0.15, 0.2) is 5.16 Å². The van der Waals surface area contributed by atoms with Crippen LogP contribution >= 0.6 is 27.7 Å². The maximum atomic E-state index is 13.0. The van der Waals surface area contributed by atoms with Gasteiger partial charge in [0.05, 0.1) is 29.3 Å². The van der Waals surface area contributed by atoms with Crippen LogP contribution in [0.5, 0.6) is 0 Å². The zero-order chi connectivity index (χ0) is 21.0. The maximum absolute atomic E-state index is 13.0. The molecule has 8 heteroatoms. The molecular formula is C21H22BrN3O3S. The van der Waals surface area contributed by atoms with E-state index in [0.717, 1.165) is 15.7 Å². The van der Waals surface area contributed by atoms with E-state index in [1.54, 1.807) is 23.8 Å². The molecule has 0 aliphatic carbocycles. The number of anilines is 1. The van der Waals surface area contributed by atoms with Crippen LogP contribution in [0.25, 0.3) is 10.9 Å². The molecule has 0 bridgehead atoms. The molecule has 29 heavy (non-hydrogen) atoms. The van der Waals surface area contributed by atoms with Gasteiger partial charge in [0, 0.05) is 17.3 Å². The van der Waals surface area contributed by atoms with Crippen molar-refractivity contribution in [1.29, 1.82) is 0 Å². The number of carbonyl (C=O) groups is 1. The molecule has 3 aromatic rings. The van der Waals surface area contributed by atoms with Crippen molar-refractivity contribution in [2.75, 3.05) is 24.8 Å². The van der Waals surface area contributed by atoms with Crippen LogP contribution in [0.3, 0.4) is 0 Å². The zero-order valence-electron chi connectivity index (χ0n) is 16.4. The number of fused-ring (bicyclic) bond motifs is 1. The van der Waals surface area contributed by atoms with Crippen LogP contribution in [0.4, 0.5) is 5.69 Å². The van der Waals surface area contributed by atoms with Gasteiger partial charge in [-0.05, 0) is 49.7 Å². The number of benzene rings is 2. The molecule has 0 unspecified atom stereocenters. The quantitative estimate of drug-likeness (QED) is 0.404. The highest BCUT2D eigenvalue weighted by molar-refractivity contribution is 9.10. The van der Waals surface area contributed by atoms with E-state index in [9.17, 15) is 9.59 Å². The van der Waals surface area contributed by atoms with Gasteiger partial charge >= 0.3 is 0 Å². The molecule has 3 rings (SSSR count). The van der Waals surface area contributed by atoms with E-state index in [1.807, 2.05) is 44.2 Å². The molecule has 0 spiro atoms. The number of hydrogen-bond donors (Lipinski definition) is 1. The second-order valence-electron chi connectivity index (χ2n) is 6.69. The molecule has 0 aliphatic rings. The summed E-state index contributed by atoms with van der Waals surface area (Å²) in [6.07, 6.45) is 0. The summed E-state index contributed by atoms with van der Waals surface area (Å²) in [7, 11) is 1.59. The van der Waals surface area contributed by atoms with Crippen LogP contribution in [-0.4, -0.2) is 34.9 Å². The van der Waals surface area contributed by atoms with E-state index < -0.39 is 0 Å². The highest BCUT2D eigenvalue weighted by Gasteiger charge is 2.17. The number of para-hydroxylation sites is 1. The fourth-order valence-electron chi connectivity index (χ4n) is 2.98. The number of aromatic nitrogens is 2. The molecule has 2 aromatic carbocycles. The lowest BCUT2D eigenvalue weighted by Crippen LogP contribution is -2.29. The van der Waals surface area contributed by atoms with Crippen molar-refractivity contribution in [3.8, 4) is 0 Å². The highest BCUT2D eigenvalue weighted by Crippen LogP contribution is 2.23. The van der Waals surface area contributed by atoms with Crippen molar-refractivity contribution < 1.29 is 9.53 Å².